The number of nitrogens with zero attached hydrogens (tertiary/aromatic N) is 3. The number of hydrogen-bond donors (Lipinski definition) is 3. The summed E-state index contributed by atoms with van der Waals surface area (Å²) in [5.74, 6) is 0.675. The van der Waals surface area contributed by atoms with Crippen molar-refractivity contribution in [3.8, 4) is 0 Å². The Morgan fingerprint density at radius 2 is 2.22 bits per heavy atom. The van der Waals surface area contributed by atoms with Crippen LogP contribution < -0.4 is 10.6 Å². The molecule has 1 unspecified atom stereocenters. The minimum Gasteiger partial charge on any atom is -0.386 e. The number of aliphatic imine (C=N–C) groups is 1. The molecule has 0 fully saturated rings. The van der Waals surface area contributed by atoms with Crippen molar-refractivity contribution in [3.05, 3.63) is 58.7 Å². The molecule has 0 saturated carbocycles. The number of guanidine groups is 1. The zero-order valence-corrected chi connectivity index (χ0v) is 16.6. The van der Waals surface area contributed by atoms with Crippen LogP contribution in [0.25, 0.3) is 15.0 Å². The number of fused-ring (bicyclic) bond motifs is 2. The number of aromatic nitrogens is 2. The van der Waals surface area contributed by atoms with Gasteiger partial charge in [0.1, 0.15) is 6.10 Å². The molecule has 27 heavy (non-hydrogen) atoms. The van der Waals surface area contributed by atoms with Crippen molar-refractivity contribution >= 4 is 43.7 Å². The van der Waals surface area contributed by atoms with Crippen molar-refractivity contribution in [3.63, 3.8) is 0 Å². The largest absolute Gasteiger partial charge is 0.386 e. The molecule has 0 aliphatic rings. The third kappa shape index (κ3) is 4.13. The molecule has 8 heteroatoms. The predicted molar refractivity (Wildman–Crippen MR) is 113 cm³/mol. The number of thiazole rings is 1. The van der Waals surface area contributed by atoms with Gasteiger partial charge >= 0.3 is 0 Å². The second-order valence-electron chi connectivity index (χ2n) is 6.10. The lowest BCUT2D eigenvalue weighted by Gasteiger charge is -2.14. The fourth-order valence-corrected chi connectivity index (χ4v) is 4.58. The summed E-state index contributed by atoms with van der Waals surface area (Å²) >= 11 is 3.23. The Balaban J connectivity index is 1.40. The van der Waals surface area contributed by atoms with E-state index in [4.69, 9.17) is 0 Å². The van der Waals surface area contributed by atoms with Crippen LogP contribution in [0.4, 0.5) is 0 Å². The first-order valence-electron chi connectivity index (χ1n) is 8.82. The first kappa shape index (κ1) is 18.0. The van der Waals surface area contributed by atoms with Crippen molar-refractivity contribution in [1.82, 2.24) is 20.0 Å². The zero-order chi connectivity index (χ0) is 18.6. The number of aliphatic hydroxyl groups is 1. The van der Waals surface area contributed by atoms with Gasteiger partial charge in [-0.3, -0.25) is 4.40 Å². The molecule has 3 N–H and O–H groups in total. The standard InChI is InChI=1S/C19H21N5OS2/c1-2-20-18(21-10-14-12-24-7-8-26-19(24)23-14)22-11-15(25)17-9-13-5-3-4-6-16(13)27-17/h3-9,12,15,25H,2,10-11H2,1H3,(H2,20,21,22). The highest BCUT2D eigenvalue weighted by Gasteiger charge is 2.12. The lowest BCUT2D eigenvalue weighted by molar-refractivity contribution is 0.184. The zero-order valence-electron chi connectivity index (χ0n) is 14.9. The van der Waals surface area contributed by atoms with Crippen LogP contribution in [-0.4, -0.2) is 33.5 Å². The Morgan fingerprint density at radius 1 is 1.33 bits per heavy atom. The predicted octanol–water partition coefficient (Wildman–Crippen LogP) is 3.40. The molecule has 140 valence electrons. The van der Waals surface area contributed by atoms with Crippen LogP contribution in [0, 0.1) is 0 Å². The quantitative estimate of drug-likeness (QED) is 0.343. The summed E-state index contributed by atoms with van der Waals surface area (Å²) in [7, 11) is 0. The van der Waals surface area contributed by atoms with Crippen molar-refractivity contribution in [2.75, 3.05) is 13.1 Å². The van der Waals surface area contributed by atoms with E-state index >= 15 is 0 Å². The van der Waals surface area contributed by atoms with Gasteiger partial charge in [-0.15, -0.1) is 22.7 Å². The van der Waals surface area contributed by atoms with Gasteiger partial charge in [-0.25, -0.2) is 9.98 Å². The van der Waals surface area contributed by atoms with E-state index in [2.05, 4.69) is 32.7 Å². The molecule has 0 saturated heterocycles. The van der Waals surface area contributed by atoms with E-state index in [0.29, 0.717) is 19.0 Å². The van der Waals surface area contributed by atoms with Crippen LogP contribution in [0.2, 0.25) is 0 Å². The van der Waals surface area contributed by atoms with Crippen LogP contribution in [0.3, 0.4) is 0 Å². The summed E-state index contributed by atoms with van der Waals surface area (Å²) in [6.45, 7) is 3.66. The van der Waals surface area contributed by atoms with Crippen LogP contribution >= 0.6 is 22.7 Å². The monoisotopic (exact) mass is 399 g/mol. The second-order valence-corrected chi connectivity index (χ2v) is 8.09. The molecule has 0 amide bonds. The number of benzene rings is 1. The Morgan fingerprint density at radius 3 is 3.04 bits per heavy atom. The van der Waals surface area contributed by atoms with Gasteiger partial charge < -0.3 is 15.7 Å². The fraction of sp³-hybridized carbons (Fsp3) is 0.263. The molecule has 0 bridgehead atoms. The van der Waals surface area contributed by atoms with E-state index in [0.717, 1.165) is 27.5 Å². The first-order chi connectivity index (χ1) is 13.2. The molecular formula is C19H21N5OS2. The van der Waals surface area contributed by atoms with Crippen molar-refractivity contribution < 1.29 is 5.11 Å². The van der Waals surface area contributed by atoms with Gasteiger partial charge in [-0.1, -0.05) is 18.2 Å². The Hall–Kier alpha value is -2.42. The van der Waals surface area contributed by atoms with Gasteiger partial charge in [-0.05, 0) is 24.4 Å². The molecule has 3 aromatic heterocycles. The Kier molecular flexibility index (Phi) is 5.38. The van der Waals surface area contributed by atoms with E-state index < -0.39 is 6.10 Å². The molecule has 0 aliphatic carbocycles. The molecule has 0 spiro atoms. The van der Waals surface area contributed by atoms with E-state index in [1.807, 2.05) is 47.3 Å². The van der Waals surface area contributed by atoms with E-state index in [1.54, 1.807) is 22.7 Å². The summed E-state index contributed by atoms with van der Waals surface area (Å²) in [6.07, 6.45) is 3.40. The molecule has 0 radical (unpaired) electrons. The maximum atomic E-state index is 10.5. The maximum absolute atomic E-state index is 10.5. The lowest BCUT2D eigenvalue weighted by atomic mass is 10.2. The molecule has 6 nitrogen and oxygen atoms in total. The molecular weight excluding hydrogens is 378 g/mol. The highest BCUT2D eigenvalue weighted by Crippen LogP contribution is 2.29. The van der Waals surface area contributed by atoms with E-state index in [9.17, 15) is 5.11 Å². The molecule has 4 aromatic rings. The van der Waals surface area contributed by atoms with Crippen LogP contribution in [0.15, 0.2) is 53.1 Å². The topological polar surface area (TPSA) is 74.0 Å². The minimum atomic E-state index is -0.579. The first-order valence-corrected chi connectivity index (χ1v) is 10.5. The average Bonchev–Trinajstić information content (AvgIpc) is 3.37. The second kappa shape index (κ2) is 8.08. The number of hydrogen-bond acceptors (Lipinski definition) is 5. The summed E-state index contributed by atoms with van der Waals surface area (Å²) in [4.78, 5) is 11.0. The maximum Gasteiger partial charge on any atom is 0.193 e. The molecule has 3 heterocycles. The van der Waals surface area contributed by atoms with E-state index in [1.165, 1.54) is 4.70 Å². The number of imidazole rings is 1. The van der Waals surface area contributed by atoms with Crippen LogP contribution in [-0.2, 0) is 6.54 Å². The number of rotatable bonds is 6. The highest BCUT2D eigenvalue weighted by atomic mass is 32.1. The van der Waals surface area contributed by atoms with Crippen molar-refractivity contribution in [2.24, 2.45) is 4.99 Å². The van der Waals surface area contributed by atoms with Crippen LogP contribution in [0.5, 0.6) is 0 Å². The van der Waals surface area contributed by atoms with Gasteiger partial charge in [0.2, 0.25) is 0 Å². The van der Waals surface area contributed by atoms with Gasteiger partial charge in [-0.2, -0.15) is 0 Å². The summed E-state index contributed by atoms with van der Waals surface area (Å²) in [5, 5.41) is 20.2. The van der Waals surface area contributed by atoms with Crippen molar-refractivity contribution in [1.29, 1.82) is 0 Å². The number of thiophene rings is 1. The van der Waals surface area contributed by atoms with E-state index in [-0.39, 0.29) is 0 Å². The molecule has 1 aromatic carbocycles. The number of aliphatic hydroxyl groups excluding tert-OH is 1. The Bertz CT molecular complexity index is 1000. The third-order valence-electron chi connectivity index (χ3n) is 4.12. The summed E-state index contributed by atoms with van der Waals surface area (Å²) in [6, 6.07) is 10.2. The summed E-state index contributed by atoms with van der Waals surface area (Å²) in [5.41, 5.74) is 0.920. The SMILES string of the molecule is CCNC(=NCc1cn2ccsc2n1)NCC(O)c1cc2ccccc2s1. The fourth-order valence-electron chi connectivity index (χ4n) is 2.81. The van der Waals surface area contributed by atoms with Crippen LogP contribution in [0.1, 0.15) is 23.6 Å². The Labute approximate surface area is 165 Å². The minimum absolute atomic E-state index is 0.400. The smallest absolute Gasteiger partial charge is 0.193 e. The number of nitrogens with one attached hydrogen (secondary N) is 2. The molecule has 0 aliphatic heterocycles. The highest BCUT2D eigenvalue weighted by molar-refractivity contribution is 7.19. The van der Waals surface area contributed by atoms with Gasteiger partial charge in [0.15, 0.2) is 10.9 Å². The molecule has 1 atom stereocenters. The van der Waals surface area contributed by atoms with Gasteiger partial charge in [0, 0.05) is 40.4 Å². The van der Waals surface area contributed by atoms with Crippen molar-refractivity contribution in [2.45, 2.75) is 19.6 Å². The summed E-state index contributed by atoms with van der Waals surface area (Å²) < 4.78 is 3.19. The lowest BCUT2D eigenvalue weighted by Crippen LogP contribution is -2.39. The normalized spacial score (nSPS) is 13.3. The molecule has 4 rings (SSSR count). The van der Waals surface area contributed by atoms with Gasteiger partial charge in [0.25, 0.3) is 0 Å². The van der Waals surface area contributed by atoms with Gasteiger partial charge in [0.05, 0.1) is 12.2 Å². The average molecular weight is 400 g/mol. The third-order valence-corrected chi connectivity index (χ3v) is 6.11.